The van der Waals surface area contributed by atoms with Crippen LogP contribution in [-0.4, -0.2) is 16.1 Å². The van der Waals surface area contributed by atoms with E-state index < -0.39 is 0 Å². The van der Waals surface area contributed by atoms with Crippen molar-refractivity contribution >= 4 is 5.95 Å². The zero-order valence-electron chi connectivity index (χ0n) is 12.8. The summed E-state index contributed by atoms with van der Waals surface area (Å²) in [6, 6.07) is 8.72. The molecule has 0 spiro atoms. The van der Waals surface area contributed by atoms with Gasteiger partial charge in [0.05, 0.1) is 5.69 Å². The maximum absolute atomic E-state index is 4.56. The van der Waals surface area contributed by atoms with E-state index in [9.17, 15) is 0 Å². The van der Waals surface area contributed by atoms with Gasteiger partial charge in [-0.25, -0.2) is 4.98 Å². The van der Waals surface area contributed by atoms with E-state index in [1.165, 1.54) is 24.0 Å². The Morgan fingerprint density at radius 1 is 1.25 bits per heavy atom. The molecule has 0 unspecified atom stereocenters. The zero-order valence-corrected chi connectivity index (χ0v) is 12.8. The molecule has 0 amide bonds. The number of aromatic nitrogens is 2. The predicted molar refractivity (Wildman–Crippen MR) is 85.2 cm³/mol. The van der Waals surface area contributed by atoms with Gasteiger partial charge in [0.25, 0.3) is 0 Å². The van der Waals surface area contributed by atoms with Gasteiger partial charge in [-0.15, -0.1) is 0 Å². The molecule has 2 rings (SSSR count). The van der Waals surface area contributed by atoms with Crippen molar-refractivity contribution < 1.29 is 0 Å². The summed E-state index contributed by atoms with van der Waals surface area (Å²) in [4.78, 5) is 4.56. The summed E-state index contributed by atoms with van der Waals surface area (Å²) in [5.74, 6) is 1.00. The van der Waals surface area contributed by atoms with Crippen molar-refractivity contribution in [3.63, 3.8) is 0 Å². The molecule has 3 heteroatoms. The van der Waals surface area contributed by atoms with Crippen LogP contribution in [0.25, 0.3) is 0 Å². The Labute approximate surface area is 122 Å². The van der Waals surface area contributed by atoms with Crippen LogP contribution < -0.4 is 5.32 Å². The average Bonchev–Trinajstić information content (AvgIpc) is 2.77. The number of anilines is 1. The molecule has 0 atom stereocenters. The van der Waals surface area contributed by atoms with E-state index >= 15 is 0 Å². The first-order valence-corrected chi connectivity index (χ1v) is 7.52. The quantitative estimate of drug-likeness (QED) is 0.773. The maximum atomic E-state index is 4.56. The van der Waals surface area contributed by atoms with E-state index in [-0.39, 0.29) is 0 Å². The Bertz CT molecular complexity index is 543. The van der Waals surface area contributed by atoms with Crippen LogP contribution in [0.5, 0.6) is 0 Å². The van der Waals surface area contributed by atoms with Crippen LogP contribution in [0.1, 0.15) is 36.6 Å². The first kappa shape index (κ1) is 14.6. The predicted octanol–water partition coefficient (Wildman–Crippen LogP) is 3.95. The molecule has 3 nitrogen and oxygen atoms in total. The molecule has 0 saturated heterocycles. The number of hydrogen-bond donors (Lipinski definition) is 1. The van der Waals surface area contributed by atoms with Crippen molar-refractivity contribution in [2.75, 3.05) is 11.9 Å². The number of nitrogens with one attached hydrogen (secondary N) is 1. The smallest absolute Gasteiger partial charge is 0.203 e. The van der Waals surface area contributed by atoms with Crippen LogP contribution >= 0.6 is 0 Å². The summed E-state index contributed by atoms with van der Waals surface area (Å²) in [5, 5.41) is 3.43. The largest absolute Gasteiger partial charge is 0.356 e. The molecular weight excluding hydrogens is 246 g/mol. The van der Waals surface area contributed by atoms with E-state index in [2.05, 4.69) is 59.2 Å². The third-order valence-electron chi connectivity index (χ3n) is 3.43. The monoisotopic (exact) mass is 271 g/mol. The molecule has 1 aromatic heterocycles. The van der Waals surface area contributed by atoms with Crippen molar-refractivity contribution in [3.8, 4) is 0 Å². The minimum atomic E-state index is 0.971. The number of nitrogens with zero attached hydrogens (tertiary/aromatic N) is 2. The number of hydrogen-bond acceptors (Lipinski definition) is 2. The Balaban J connectivity index is 1.98. The molecule has 20 heavy (non-hydrogen) atoms. The molecule has 0 bridgehead atoms. The molecular formula is C17H25N3. The molecule has 1 aromatic carbocycles. The fourth-order valence-corrected chi connectivity index (χ4v) is 2.35. The third-order valence-corrected chi connectivity index (χ3v) is 3.43. The molecule has 1 N–H and O–H groups in total. The van der Waals surface area contributed by atoms with E-state index in [0.717, 1.165) is 31.2 Å². The molecule has 0 aliphatic carbocycles. The van der Waals surface area contributed by atoms with E-state index in [0.29, 0.717) is 0 Å². The minimum Gasteiger partial charge on any atom is -0.356 e. The van der Waals surface area contributed by atoms with E-state index in [4.69, 9.17) is 0 Å². The second-order valence-electron chi connectivity index (χ2n) is 5.42. The Morgan fingerprint density at radius 2 is 2.10 bits per heavy atom. The highest BCUT2D eigenvalue weighted by atomic mass is 15.2. The van der Waals surface area contributed by atoms with Crippen LogP contribution in [0.2, 0.25) is 0 Å². The van der Waals surface area contributed by atoms with Crippen LogP contribution in [0.3, 0.4) is 0 Å². The van der Waals surface area contributed by atoms with Gasteiger partial charge in [-0.3, -0.25) is 0 Å². The van der Waals surface area contributed by atoms with Gasteiger partial charge in [0.1, 0.15) is 0 Å². The molecule has 0 fully saturated rings. The lowest BCUT2D eigenvalue weighted by atomic mass is 10.1. The fourth-order valence-electron chi connectivity index (χ4n) is 2.35. The highest BCUT2D eigenvalue weighted by Gasteiger charge is 2.05. The summed E-state index contributed by atoms with van der Waals surface area (Å²) >= 11 is 0. The summed E-state index contributed by atoms with van der Waals surface area (Å²) in [6.45, 7) is 8.37. The fraction of sp³-hybridized carbons (Fsp3) is 0.471. The van der Waals surface area contributed by atoms with Gasteiger partial charge >= 0.3 is 0 Å². The minimum absolute atomic E-state index is 0.971. The van der Waals surface area contributed by atoms with Gasteiger partial charge in [-0.05, 0) is 32.3 Å². The lowest BCUT2D eigenvalue weighted by molar-refractivity contribution is 0.694. The second kappa shape index (κ2) is 7.13. The zero-order chi connectivity index (χ0) is 14.4. The highest BCUT2D eigenvalue weighted by Crippen LogP contribution is 2.12. The Hall–Kier alpha value is -1.77. The normalized spacial score (nSPS) is 10.8. The topological polar surface area (TPSA) is 29.9 Å². The SMILES string of the molecule is CCCCNc1nc(C)cn1CCc1cccc(C)c1. The molecule has 0 radical (unpaired) electrons. The number of imidazole rings is 1. The van der Waals surface area contributed by atoms with Gasteiger partial charge in [0.15, 0.2) is 0 Å². The highest BCUT2D eigenvalue weighted by molar-refractivity contribution is 5.29. The number of benzene rings is 1. The van der Waals surface area contributed by atoms with Crippen molar-refractivity contribution in [2.24, 2.45) is 0 Å². The van der Waals surface area contributed by atoms with E-state index in [1.54, 1.807) is 0 Å². The van der Waals surface area contributed by atoms with Crippen LogP contribution in [0.15, 0.2) is 30.5 Å². The van der Waals surface area contributed by atoms with Gasteiger partial charge in [-0.2, -0.15) is 0 Å². The summed E-state index contributed by atoms with van der Waals surface area (Å²) in [6.07, 6.45) is 5.56. The number of unbranched alkanes of at least 4 members (excludes halogenated alkanes) is 1. The molecule has 0 saturated carbocycles. The summed E-state index contributed by atoms with van der Waals surface area (Å²) in [7, 11) is 0. The van der Waals surface area contributed by atoms with Crippen molar-refractivity contribution in [2.45, 2.75) is 46.6 Å². The first-order valence-electron chi connectivity index (χ1n) is 7.52. The van der Waals surface area contributed by atoms with Gasteiger partial charge in [-0.1, -0.05) is 43.2 Å². The molecule has 0 aliphatic rings. The van der Waals surface area contributed by atoms with Gasteiger partial charge < -0.3 is 9.88 Å². The lowest BCUT2D eigenvalue weighted by Gasteiger charge is -2.09. The summed E-state index contributed by atoms with van der Waals surface area (Å²) in [5.41, 5.74) is 3.79. The third kappa shape index (κ3) is 4.12. The average molecular weight is 271 g/mol. The van der Waals surface area contributed by atoms with Crippen molar-refractivity contribution in [1.29, 1.82) is 0 Å². The van der Waals surface area contributed by atoms with Gasteiger partial charge in [0.2, 0.25) is 5.95 Å². The molecule has 1 heterocycles. The lowest BCUT2D eigenvalue weighted by Crippen LogP contribution is -2.09. The van der Waals surface area contributed by atoms with Crippen molar-refractivity contribution in [1.82, 2.24) is 9.55 Å². The van der Waals surface area contributed by atoms with Gasteiger partial charge in [0, 0.05) is 19.3 Å². The Morgan fingerprint density at radius 3 is 2.85 bits per heavy atom. The number of rotatable bonds is 7. The van der Waals surface area contributed by atoms with Crippen LogP contribution in [0, 0.1) is 13.8 Å². The summed E-state index contributed by atoms with van der Waals surface area (Å²) < 4.78 is 2.23. The standard InChI is InChI=1S/C17H25N3/c1-4-5-10-18-17-19-15(3)13-20(17)11-9-16-8-6-7-14(2)12-16/h6-8,12-13H,4-5,9-11H2,1-3H3,(H,18,19). The second-order valence-corrected chi connectivity index (χ2v) is 5.42. The first-order chi connectivity index (χ1) is 9.69. The molecule has 108 valence electrons. The van der Waals surface area contributed by atoms with Crippen LogP contribution in [0.4, 0.5) is 5.95 Å². The molecule has 0 aliphatic heterocycles. The van der Waals surface area contributed by atoms with Crippen LogP contribution in [-0.2, 0) is 13.0 Å². The van der Waals surface area contributed by atoms with E-state index in [1.807, 2.05) is 6.92 Å². The Kier molecular flexibility index (Phi) is 5.22. The maximum Gasteiger partial charge on any atom is 0.203 e. The number of aryl methyl sites for hydroxylation is 4. The molecule has 2 aromatic rings. The van der Waals surface area contributed by atoms with Crippen molar-refractivity contribution in [3.05, 3.63) is 47.3 Å².